The lowest BCUT2D eigenvalue weighted by atomic mass is 10.1. The second-order valence-electron chi connectivity index (χ2n) is 5.73. The van der Waals surface area contributed by atoms with Crippen LogP contribution in [0.15, 0.2) is 35.6 Å². The van der Waals surface area contributed by atoms with Gasteiger partial charge in [-0.3, -0.25) is 4.40 Å². The number of aliphatic hydroxyl groups is 1. The van der Waals surface area contributed by atoms with Crippen LogP contribution in [0.2, 0.25) is 10.0 Å². The van der Waals surface area contributed by atoms with Crippen LogP contribution in [0, 0.1) is 13.8 Å². The van der Waals surface area contributed by atoms with Gasteiger partial charge in [-0.25, -0.2) is 0 Å². The minimum Gasteiger partial charge on any atom is -0.491 e. The molecule has 2 aromatic heterocycles. The van der Waals surface area contributed by atoms with Crippen molar-refractivity contribution in [2.45, 2.75) is 25.1 Å². The summed E-state index contributed by atoms with van der Waals surface area (Å²) in [4.78, 5) is 0. The fourth-order valence-electron chi connectivity index (χ4n) is 2.27. The Hall–Kier alpha value is -1.47. The number of fused-ring (bicyclic) bond motifs is 1. The lowest BCUT2D eigenvalue weighted by Crippen LogP contribution is -2.20. The number of pyridine rings is 1. The average Bonchev–Trinajstić information content (AvgIpc) is 2.97. The highest BCUT2D eigenvalue weighted by molar-refractivity contribution is 7.99. The number of hydrogen-bond acceptors (Lipinski definition) is 5. The number of aryl methyl sites for hydroxylation is 2. The lowest BCUT2D eigenvalue weighted by Gasteiger charge is -2.13. The van der Waals surface area contributed by atoms with Gasteiger partial charge in [0, 0.05) is 11.9 Å². The third-order valence-electron chi connectivity index (χ3n) is 3.57. The Morgan fingerprint density at radius 2 is 2.04 bits per heavy atom. The first kappa shape index (κ1) is 18.3. The predicted octanol–water partition coefficient (Wildman–Crippen LogP) is 4.18. The summed E-state index contributed by atoms with van der Waals surface area (Å²) in [6.07, 6.45) is 1.05. The Morgan fingerprint density at radius 1 is 1.24 bits per heavy atom. The Morgan fingerprint density at radius 3 is 2.84 bits per heavy atom. The number of ether oxygens (including phenoxy) is 1. The molecule has 0 aliphatic rings. The number of thioether (sulfide) groups is 1. The summed E-state index contributed by atoms with van der Waals surface area (Å²) in [5.41, 5.74) is 2.70. The molecule has 0 saturated heterocycles. The van der Waals surface area contributed by atoms with Crippen LogP contribution < -0.4 is 4.74 Å². The zero-order valence-electron chi connectivity index (χ0n) is 13.7. The number of halogens is 2. The van der Waals surface area contributed by atoms with Gasteiger partial charge in [0.1, 0.15) is 12.4 Å². The molecule has 0 aliphatic carbocycles. The third-order valence-corrected chi connectivity index (χ3v) is 5.15. The van der Waals surface area contributed by atoms with Crippen LogP contribution >= 0.6 is 35.0 Å². The maximum atomic E-state index is 10.2. The minimum absolute atomic E-state index is 0.204. The van der Waals surface area contributed by atoms with E-state index in [9.17, 15) is 5.11 Å². The van der Waals surface area contributed by atoms with E-state index in [4.69, 9.17) is 27.9 Å². The number of benzene rings is 1. The van der Waals surface area contributed by atoms with E-state index < -0.39 is 6.10 Å². The van der Waals surface area contributed by atoms with Crippen LogP contribution in [0.25, 0.3) is 5.65 Å². The first-order valence-electron chi connectivity index (χ1n) is 7.64. The smallest absolute Gasteiger partial charge is 0.195 e. The predicted molar refractivity (Wildman–Crippen MR) is 101 cm³/mol. The van der Waals surface area contributed by atoms with Crippen molar-refractivity contribution in [2.24, 2.45) is 0 Å². The second-order valence-corrected chi connectivity index (χ2v) is 7.56. The summed E-state index contributed by atoms with van der Waals surface area (Å²) in [6.45, 7) is 4.19. The zero-order valence-corrected chi connectivity index (χ0v) is 16.1. The molecule has 0 amide bonds. The highest BCUT2D eigenvalue weighted by Crippen LogP contribution is 2.26. The van der Waals surface area contributed by atoms with Crippen LogP contribution in [0.4, 0.5) is 0 Å². The van der Waals surface area contributed by atoms with Crippen molar-refractivity contribution in [2.75, 3.05) is 12.4 Å². The fourth-order valence-corrected chi connectivity index (χ4v) is 3.59. The summed E-state index contributed by atoms with van der Waals surface area (Å²) in [5, 5.41) is 19.9. The van der Waals surface area contributed by atoms with Crippen LogP contribution in [-0.4, -0.2) is 38.2 Å². The third kappa shape index (κ3) is 4.39. The molecule has 0 saturated carbocycles. The summed E-state index contributed by atoms with van der Waals surface area (Å²) in [5.74, 6) is 1.20. The van der Waals surface area contributed by atoms with Gasteiger partial charge in [0.05, 0.1) is 16.1 Å². The van der Waals surface area contributed by atoms with Gasteiger partial charge in [-0.15, -0.1) is 10.2 Å². The highest BCUT2D eigenvalue weighted by atomic mass is 35.5. The lowest BCUT2D eigenvalue weighted by molar-refractivity contribution is 0.126. The summed E-state index contributed by atoms with van der Waals surface area (Å²) < 4.78 is 7.44. The van der Waals surface area contributed by atoms with Gasteiger partial charge in [0.25, 0.3) is 0 Å². The molecule has 3 rings (SSSR count). The molecule has 0 fully saturated rings. The average molecular weight is 398 g/mol. The van der Waals surface area contributed by atoms with E-state index in [0.717, 1.165) is 16.9 Å². The zero-order chi connectivity index (χ0) is 18.0. The molecule has 0 spiro atoms. The van der Waals surface area contributed by atoms with Crippen LogP contribution in [0.3, 0.4) is 0 Å². The standard InChI is InChI=1S/C17H17Cl2N3O2S/c1-10-3-4-11(2)15(5-10)24-8-13(23)9-25-17-21-20-16-14(19)6-12(18)7-22(16)17/h3-7,13,23H,8-9H2,1-2H3. The van der Waals surface area contributed by atoms with Gasteiger partial charge in [-0.05, 0) is 37.1 Å². The van der Waals surface area contributed by atoms with Crippen molar-refractivity contribution in [3.8, 4) is 5.75 Å². The van der Waals surface area contributed by atoms with Crippen LogP contribution in [0.1, 0.15) is 11.1 Å². The Kier molecular flexibility index (Phi) is 5.74. The molecule has 0 aliphatic heterocycles. The number of rotatable bonds is 6. The van der Waals surface area contributed by atoms with Crippen molar-refractivity contribution in [1.82, 2.24) is 14.6 Å². The largest absolute Gasteiger partial charge is 0.491 e. The molecule has 25 heavy (non-hydrogen) atoms. The quantitative estimate of drug-likeness (QED) is 0.631. The maximum Gasteiger partial charge on any atom is 0.195 e. The molecule has 1 N–H and O–H groups in total. The Labute approximate surface area is 159 Å². The second kappa shape index (κ2) is 7.83. The molecule has 132 valence electrons. The Balaban J connectivity index is 1.61. The van der Waals surface area contributed by atoms with Crippen molar-refractivity contribution in [3.05, 3.63) is 51.6 Å². The SMILES string of the molecule is Cc1ccc(C)c(OCC(O)CSc2nnc3c(Cl)cc(Cl)cn23)c1. The van der Waals surface area contributed by atoms with E-state index in [0.29, 0.717) is 26.6 Å². The van der Waals surface area contributed by atoms with E-state index in [1.54, 1.807) is 16.7 Å². The normalized spacial score (nSPS) is 12.5. The number of nitrogens with zero attached hydrogens (tertiary/aromatic N) is 3. The summed E-state index contributed by atoms with van der Waals surface area (Å²) in [6, 6.07) is 7.61. The fraction of sp³-hybridized carbons (Fsp3) is 0.294. The van der Waals surface area contributed by atoms with Gasteiger partial charge in [0.15, 0.2) is 10.8 Å². The summed E-state index contributed by atoms with van der Waals surface area (Å²) >= 11 is 13.5. The molecular weight excluding hydrogens is 381 g/mol. The van der Waals surface area contributed by atoms with E-state index in [-0.39, 0.29) is 6.61 Å². The van der Waals surface area contributed by atoms with Crippen molar-refractivity contribution in [3.63, 3.8) is 0 Å². The molecule has 5 nitrogen and oxygen atoms in total. The molecule has 0 radical (unpaired) electrons. The molecule has 1 atom stereocenters. The number of aliphatic hydroxyl groups excluding tert-OH is 1. The molecule has 2 heterocycles. The van der Waals surface area contributed by atoms with E-state index in [1.807, 2.05) is 32.0 Å². The van der Waals surface area contributed by atoms with Crippen molar-refractivity contribution >= 4 is 40.6 Å². The molecule has 1 aromatic carbocycles. The van der Waals surface area contributed by atoms with Crippen LogP contribution in [-0.2, 0) is 0 Å². The first-order chi connectivity index (χ1) is 11.9. The minimum atomic E-state index is -0.646. The van der Waals surface area contributed by atoms with Crippen LogP contribution in [0.5, 0.6) is 5.75 Å². The molecular formula is C17H17Cl2N3O2S. The molecule has 1 unspecified atom stereocenters. The van der Waals surface area contributed by atoms with E-state index in [2.05, 4.69) is 10.2 Å². The monoisotopic (exact) mass is 397 g/mol. The van der Waals surface area contributed by atoms with Gasteiger partial charge >= 0.3 is 0 Å². The maximum absolute atomic E-state index is 10.2. The van der Waals surface area contributed by atoms with E-state index >= 15 is 0 Å². The number of aromatic nitrogens is 3. The topological polar surface area (TPSA) is 59.7 Å². The van der Waals surface area contributed by atoms with Gasteiger partial charge < -0.3 is 9.84 Å². The van der Waals surface area contributed by atoms with Crippen molar-refractivity contribution in [1.29, 1.82) is 0 Å². The Bertz CT molecular complexity index is 901. The number of hydrogen-bond donors (Lipinski definition) is 1. The van der Waals surface area contributed by atoms with E-state index in [1.165, 1.54) is 11.8 Å². The molecule has 0 bridgehead atoms. The highest BCUT2D eigenvalue weighted by Gasteiger charge is 2.13. The molecule has 3 aromatic rings. The van der Waals surface area contributed by atoms with Crippen molar-refractivity contribution < 1.29 is 9.84 Å². The van der Waals surface area contributed by atoms with Gasteiger partial charge in [-0.1, -0.05) is 47.1 Å². The van der Waals surface area contributed by atoms with Gasteiger partial charge in [-0.2, -0.15) is 0 Å². The summed E-state index contributed by atoms with van der Waals surface area (Å²) in [7, 11) is 0. The first-order valence-corrected chi connectivity index (χ1v) is 9.39. The molecule has 8 heteroatoms. The van der Waals surface area contributed by atoms with Gasteiger partial charge in [0.2, 0.25) is 0 Å².